The van der Waals surface area contributed by atoms with Gasteiger partial charge in [-0.25, -0.2) is 9.13 Å². The molecule has 3 N–H and O–H groups in total. The normalized spacial score (nSPS) is 14.1. The second-order valence-corrected chi connectivity index (χ2v) is 36.1. The Morgan fingerprint density at radius 1 is 0.269 bits per heavy atom. The minimum atomic E-state index is -4.97. The molecule has 0 amide bonds. The molecule has 0 rings (SSSR count). The molecule has 0 aliphatic heterocycles. The van der Waals surface area contributed by atoms with E-state index in [1.807, 2.05) is 0 Å². The van der Waals surface area contributed by atoms with E-state index in [1.54, 1.807) is 0 Å². The third-order valence-electron chi connectivity index (χ3n) is 21.2. The molecule has 0 aromatic rings. The van der Waals surface area contributed by atoms with Gasteiger partial charge in [0.15, 0.2) is 12.2 Å². The van der Waals surface area contributed by atoms with Crippen molar-refractivity contribution in [3.05, 3.63) is 0 Å². The molecule has 642 valence electrons. The number of aliphatic hydroxyl groups is 1. The summed E-state index contributed by atoms with van der Waals surface area (Å²) in [5.41, 5.74) is 0. The first-order valence-electron chi connectivity index (χ1n) is 45.9. The van der Waals surface area contributed by atoms with Gasteiger partial charge in [-0.05, 0) is 43.4 Å². The summed E-state index contributed by atoms with van der Waals surface area (Å²) >= 11 is 0. The van der Waals surface area contributed by atoms with Crippen molar-refractivity contribution in [3.63, 3.8) is 0 Å². The molecule has 0 spiro atoms. The first-order valence-corrected chi connectivity index (χ1v) is 48.9. The maximum Gasteiger partial charge on any atom is 0.472 e. The van der Waals surface area contributed by atoms with Crippen LogP contribution in [0.25, 0.3) is 0 Å². The Morgan fingerprint density at radius 3 is 0.704 bits per heavy atom. The summed E-state index contributed by atoms with van der Waals surface area (Å²) in [7, 11) is -9.93. The second kappa shape index (κ2) is 78.9. The van der Waals surface area contributed by atoms with Gasteiger partial charge in [0.2, 0.25) is 0 Å². The fourth-order valence-corrected chi connectivity index (χ4v) is 15.4. The third kappa shape index (κ3) is 80.7. The standard InChI is InChI=1S/C89H174O17P2/c1-8-10-11-12-13-14-15-16-17-18-19-20-21-22-29-34-39-44-49-58-65-72-88(93)105-84(76-99-86(91)70-63-56-48-43-38-33-28-24-23-26-31-36-41-46-53-60-67-80(3)4)78-103-107(95,96)101-74-83(90)75-102-108(97,98)104-79-85(77-100-87(92)71-64-57-52-51-55-62-69-82(7)9-2)106-89(94)73-66-59-50-45-40-35-30-25-27-32-37-42-47-54-61-68-81(5)6/h80-85,90H,8-79H2,1-7H3,(H,95,96)(H,97,98)/t82?,83-,84-,85-/m1/s1. The van der Waals surface area contributed by atoms with Gasteiger partial charge >= 0.3 is 39.5 Å². The van der Waals surface area contributed by atoms with Gasteiger partial charge in [-0.15, -0.1) is 0 Å². The van der Waals surface area contributed by atoms with Crippen LogP contribution in [0.1, 0.15) is 472 Å². The molecule has 0 aliphatic carbocycles. The van der Waals surface area contributed by atoms with Crippen molar-refractivity contribution in [2.45, 2.75) is 491 Å². The first kappa shape index (κ1) is 106. The van der Waals surface area contributed by atoms with Crippen molar-refractivity contribution in [2.24, 2.45) is 17.8 Å². The van der Waals surface area contributed by atoms with Gasteiger partial charge in [0.05, 0.1) is 26.4 Å². The summed E-state index contributed by atoms with van der Waals surface area (Å²) in [6.45, 7) is 12.0. The predicted molar refractivity (Wildman–Crippen MR) is 446 cm³/mol. The Bertz CT molecular complexity index is 2080. The highest BCUT2D eigenvalue weighted by Gasteiger charge is 2.31. The Hall–Kier alpha value is -1.94. The number of esters is 4. The monoisotopic (exact) mass is 1580 g/mol. The maximum atomic E-state index is 13.2. The maximum absolute atomic E-state index is 13.2. The molecule has 108 heavy (non-hydrogen) atoms. The van der Waals surface area contributed by atoms with Gasteiger partial charge in [0.1, 0.15) is 19.3 Å². The molecular weight excluding hydrogens is 1400 g/mol. The number of hydrogen-bond acceptors (Lipinski definition) is 15. The number of aliphatic hydroxyl groups excluding tert-OH is 1. The van der Waals surface area contributed by atoms with Crippen molar-refractivity contribution in [1.82, 2.24) is 0 Å². The zero-order chi connectivity index (χ0) is 79.3. The van der Waals surface area contributed by atoms with Crippen molar-refractivity contribution in [1.29, 1.82) is 0 Å². The van der Waals surface area contributed by atoms with Crippen molar-refractivity contribution in [2.75, 3.05) is 39.6 Å². The average molecular weight is 1580 g/mol. The number of ether oxygens (including phenoxy) is 4. The Morgan fingerprint density at radius 2 is 0.472 bits per heavy atom. The van der Waals surface area contributed by atoms with E-state index in [-0.39, 0.29) is 25.7 Å². The molecule has 0 fully saturated rings. The van der Waals surface area contributed by atoms with Crippen LogP contribution in [0, 0.1) is 17.8 Å². The SMILES string of the molecule is CCCCCCCCCCCCCCCCCCCCCCCC(=O)O[C@H](COC(=O)CCCCCCCCCCCCCCCCCCC(C)C)COP(=O)(O)OC[C@@H](O)COP(=O)(O)OC[C@@H](COC(=O)CCCCCCCCC(C)CC)OC(=O)CCCCCCCCCCCCCCCCCC(C)C. The molecule has 6 atom stereocenters. The van der Waals surface area contributed by atoms with Crippen LogP contribution >= 0.6 is 15.6 Å². The molecule has 0 aromatic heterocycles. The average Bonchev–Trinajstić information content (AvgIpc) is 0.903. The molecule has 3 unspecified atom stereocenters. The van der Waals surface area contributed by atoms with Crippen molar-refractivity contribution >= 4 is 39.5 Å². The molecule has 0 radical (unpaired) electrons. The molecule has 0 saturated heterocycles. The largest absolute Gasteiger partial charge is 0.472 e. The highest BCUT2D eigenvalue weighted by Crippen LogP contribution is 2.45. The van der Waals surface area contributed by atoms with Crippen LogP contribution in [0.15, 0.2) is 0 Å². The lowest BCUT2D eigenvalue weighted by Gasteiger charge is -2.21. The topological polar surface area (TPSA) is 237 Å². The number of carbonyl (C=O) groups is 4. The van der Waals surface area contributed by atoms with Gasteiger partial charge in [-0.3, -0.25) is 37.3 Å². The molecular formula is C89H174O17P2. The van der Waals surface area contributed by atoms with Crippen LogP contribution in [0.5, 0.6) is 0 Å². The van der Waals surface area contributed by atoms with E-state index in [2.05, 4.69) is 48.5 Å². The lowest BCUT2D eigenvalue weighted by molar-refractivity contribution is -0.161. The number of phosphoric ester groups is 2. The molecule has 19 heteroatoms. The van der Waals surface area contributed by atoms with Crippen molar-refractivity contribution in [3.8, 4) is 0 Å². The molecule has 0 aliphatic rings. The lowest BCUT2D eigenvalue weighted by Crippen LogP contribution is -2.30. The van der Waals surface area contributed by atoms with Gasteiger partial charge in [-0.2, -0.15) is 0 Å². The first-order chi connectivity index (χ1) is 52.3. The predicted octanol–water partition coefficient (Wildman–Crippen LogP) is 27.3. The number of phosphoric acid groups is 2. The third-order valence-corrected chi connectivity index (χ3v) is 23.1. The minimum absolute atomic E-state index is 0.107. The number of hydrogen-bond donors (Lipinski definition) is 3. The number of carbonyl (C=O) groups excluding carboxylic acids is 4. The van der Waals surface area contributed by atoms with Crippen LogP contribution in [-0.2, 0) is 65.4 Å². The second-order valence-electron chi connectivity index (χ2n) is 33.2. The molecule has 0 heterocycles. The molecule has 17 nitrogen and oxygen atoms in total. The van der Waals surface area contributed by atoms with E-state index in [9.17, 15) is 43.2 Å². The van der Waals surface area contributed by atoms with E-state index >= 15 is 0 Å². The number of rotatable bonds is 87. The van der Waals surface area contributed by atoms with E-state index in [4.69, 9.17) is 37.0 Å². The molecule has 0 aromatic carbocycles. The zero-order valence-electron chi connectivity index (χ0n) is 71.3. The van der Waals surface area contributed by atoms with Crippen LogP contribution < -0.4 is 0 Å². The van der Waals surface area contributed by atoms with E-state index in [0.717, 1.165) is 114 Å². The van der Waals surface area contributed by atoms with Gasteiger partial charge in [0.25, 0.3) is 0 Å². The fourth-order valence-electron chi connectivity index (χ4n) is 13.9. The van der Waals surface area contributed by atoms with Gasteiger partial charge in [-0.1, -0.05) is 421 Å². The van der Waals surface area contributed by atoms with Crippen LogP contribution in [0.4, 0.5) is 0 Å². The summed E-state index contributed by atoms with van der Waals surface area (Å²) in [6, 6.07) is 0. The smallest absolute Gasteiger partial charge is 0.462 e. The van der Waals surface area contributed by atoms with Gasteiger partial charge in [0, 0.05) is 25.7 Å². The lowest BCUT2D eigenvalue weighted by atomic mass is 10.00. The van der Waals surface area contributed by atoms with E-state index in [1.165, 1.54) is 276 Å². The zero-order valence-corrected chi connectivity index (χ0v) is 73.1. The van der Waals surface area contributed by atoms with Crippen LogP contribution in [-0.4, -0.2) is 96.7 Å². The summed E-state index contributed by atoms with van der Waals surface area (Å²) in [5, 5.41) is 10.7. The van der Waals surface area contributed by atoms with E-state index < -0.39 is 97.5 Å². The Kier molecular flexibility index (Phi) is 77.5. The van der Waals surface area contributed by atoms with Crippen molar-refractivity contribution < 1.29 is 80.2 Å². The summed E-state index contributed by atoms with van der Waals surface area (Å²) in [5.74, 6) is 0.243. The van der Waals surface area contributed by atoms with E-state index in [0.29, 0.717) is 25.7 Å². The van der Waals surface area contributed by atoms with Gasteiger partial charge < -0.3 is 33.8 Å². The number of unbranched alkanes of at least 4 members (excludes halogenated alkanes) is 54. The quantitative estimate of drug-likeness (QED) is 0.0222. The summed E-state index contributed by atoms with van der Waals surface area (Å²) in [4.78, 5) is 73.3. The minimum Gasteiger partial charge on any atom is -0.462 e. The highest BCUT2D eigenvalue weighted by molar-refractivity contribution is 7.47. The molecule has 0 bridgehead atoms. The highest BCUT2D eigenvalue weighted by atomic mass is 31.2. The fraction of sp³-hybridized carbons (Fsp3) is 0.955. The molecule has 0 saturated carbocycles. The summed E-state index contributed by atoms with van der Waals surface area (Å²) in [6.07, 6.45) is 71.0. The Labute approximate surface area is 664 Å². The van der Waals surface area contributed by atoms with Crippen LogP contribution in [0.2, 0.25) is 0 Å². The van der Waals surface area contributed by atoms with Crippen LogP contribution in [0.3, 0.4) is 0 Å². The Balaban J connectivity index is 5.23. The summed E-state index contributed by atoms with van der Waals surface area (Å²) < 4.78 is 69.0.